The van der Waals surface area contributed by atoms with Crippen molar-refractivity contribution in [2.24, 2.45) is 0 Å². The molecule has 0 atom stereocenters. The van der Waals surface area contributed by atoms with Gasteiger partial charge >= 0.3 is 12.1 Å². The van der Waals surface area contributed by atoms with E-state index in [1.54, 1.807) is 24.3 Å². The van der Waals surface area contributed by atoms with Crippen molar-refractivity contribution >= 4 is 40.2 Å². The lowest BCUT2D eigenvalue weighted by atomic mass is 9.98. The average molecular weight is 539 g/mol. The Hall–Kier alpha value is -2.88. The van der Waals surface area contributed by atoms with Crippen molar-refractivity contribution in [3.63, 3.8) is 0 Å². The third-order valence-corrected chi connectivity index (χ3v) is 5.14. The van der Waals surface area contributed by atoms with Crippen molar-refractivity contribution in [1.29, 1.82) is 0 Å². The Bertz CT molecular complexity index is 1110. The fraction of sp³-hybridized carbons (Fsp3) is 0.130. The van der Waals surface area contributed by atoms with Gasteiger partial charge in [0.25, 0.3) is 5.91 Å². The van der Waals surface area contributed by atoms with Crippen LogP contribution in [0.2, 0.25) is 0 Å². The minimum atomic E-state index is -4.44. The van der Waals surface area contributed by atoms with E-state index in [2.05, 4.69) is 27.9 Å². The van der Waals surface area contributed by atoms with Gasteiger partial charge < -0.3 is 10.1 Å². The number of alkyl halides is 3. The molecule has 1 N–H and O–H groups in total. The molecule has 3 aromatic rings. The standard InChI is InChI=1S/C23H17F3INO3/c1-14-12-17(27)10-11-20(14)28-21(29)13-31-22(30)19-5-3-2-4-18(19)15-6-8-16(9-7-15)23(24,25)26/h2-12H,13H2,1H3,(H,28,29). The van der Waals surface area contributed by atoms with Gasteiger partial charge in [-0.2, -0.15) is 13.2 Å². The van der Waals surface area contributed by atoms with Crippen LogP contribution < -0.4 is 5.32 Å². The number of aryl methyl sites for hydroxylation is 1. The molecule has 0 spiro atoms. The number of ether oxygens (including phenoxy) is 1. The summed E-state index contributed by atoms with van der Waals surface area (Å²) in [5, 5.41) is 2.68. The molecule has 4 nitrogen and oxygen atoms in total. The lowest BCUT2D eigenvalue weighted by molar-refractivity contribution is -0.137. The summed E-state index contributed by atoms with van der Waals surface area (Å²) in [5.41, 5.74) is 1.71. The minimum Gasteiger partial charge on any atom is -0.452 e. The number of carbonyl (C=O) groups is 2. The van der Waals surface area contributed by atoms with E-state index in [9.17, 15) is 22.8 Å². The van der Waals surface area contributed by atoms with Crippen molar-refractivity contribution < 1.29 is 27.5 Å². The highest BCUT2D eigenvalue weighted by Crippen LogP contribution is 2.32. The summed E-state index contributed by atoms with van der Waals surface area (Å²) in [6.45, 7) is 1.36. The first-order chi connectivity index (χ1) is 14.6. The van der Waals surface area contributed by atoms with Gasteiger partial charge in [-0.25, -0.2) is 4.79 Å². The number of halogens is 4. The van der Waals surface area contributed by atoms with E-state index in [4.69, 9.17) is 4.74 Å². The van der Waals surface area contributed by atoms with Crippen LogP contribution in [0.5, 0.6) is 0 Å². The molecule has 1 amide bonds. The molecule has 0 saturated heterocycles. The molecule has 0 aliphatic heterocycles. The molecule has 160 valence electrons. The summed E-state index contributed by atoms with van der Waals surface area (Å²) >= 11 is 2.16. The molecule has 0 radical (unpaired) electrons. The molecule has 0 bridgehead atoms. The predicted molar refractivity (Wildman–Crippen MR) is 120 cm³/mol. The molecule has 3 aromatic carbocycles. The van der Waals surface area contributed by atoms with E-state index in [-0.39, 0.29) is 5.56 Å². The van der Waals surface area contributed by atoms with Crippen molar-refractivity contribution in [2.75, 3.05) is 11.9 Å². The number of carbonyl (C=O) groups excluding carboxylic acids is 2. The highest BCUT2D eigenvalue weighted by Gasteiger charge is 2.30. The molecule has 0 heterocycles. The van der Waals surface area contributed by atoms with Crippen molar-refractivity contribution in [3.8, 4) is 11.1 Å². The van der Waals surface area contributed by atoms with Gasteiger partial charge in [-0.05, 0) is 82.6 Å². The highest BCUT2D eigenvalue weighted by molar-refractivity contribution is 14.1. The van der Waals surface area contributed by atoms with Crippen LogP contribution in [0.25, 0.3) is 11.1 Å². The second-order valence-electron chi connectivity index (χ2n) is 6.70. The second kappa shape index (κ2) is 9.51. The maximum Gasteiger partial charge on any atom is 0.416 e. The van der Waals surface area contributed by atoms with E-state index >= 15 is 0 Å². The molecule has 8 heteroatoms. The zero-order chi connectivity index (χ0) is 22.6. The van der Waals surface area contributed by atoms with Crippen LogP contribution in [0.1, 0.15) is 21.5 Å². The Kier molecular flexibility index (Phi) is 6.99. The first kappa shape index (κ1) is 22.8. The number of anilines is 1. The van der Waals surface area contributed by atoms with E-state index in [0.29, 0.717) is 16.8 Å². The van der Waals surface area contributed by atoms with Crippen molar-refractivity contribution in [3.05, 3.63) is 87.0 Å². The fourth-order valence-electron chi connectivity index (χ4n) is 2.91. The van der Waals surface area contributed by atoms with E-state index < -0.39 is 30.2 Å². The second-order valence-corrected chi connectivity index (χ2v) is 7.95. The molecule has 0 fully saturated rings. The van der Waals surface area contributed by atoms with Crippen LogP contribution in [0.4, 0.5) is 18.9 Å². The van der Waals surface area contributed by atoms with Gasteiger partial charge in [-0.1, -0.05) is 30.3 Å². The first-order valence-corrected chi connectivity index (χ1v) is 10.2. The summed E-state index contributed by atoms with van der Waals surface area (Å²) in [6, 6.07) is 16.4. The van der Waals surface area contributed by atoms with Gasteiger partial charge in [0.05, 0.1) is 11.1 Å². The lowest BCUT2D eigenvalue weighted by Gasteiger charge is -2.12. The van der Waals surface area contributed by atoms with Crippen molar-refractivity contribution in [1.82, 2.24) is 0 Å². The first-order valence-electron chi connectivity index (χ1n) is 9.15. The molecule has 0 aliphatic carbocycles. The fourth-order valence-corrected chi connectivity index (χ4v) is 3.56. The van der Waals surface area contributed by atoms with Gasteiger partial charge in [-0.15, -0.1) is 0 Å². The summed E-state index contributed by atoms with van der Waals surface area (Å²) in [4.78, 5) is 24.7. The van der Waals surface area contributed by atoms with Crippen LogP contribution >= 0.6 is 22.6 Å². The number of amides is 1. The Labute approximate surface area is 190 Å². The molecule has 31 heavy (non-hydrogen) atoms. The van der Waals surface area contributed by atoms with Crippen LogP contribution in [0.3, 0.4) is 0 Å². The maximum atomic E-state index is 12.8. The molecule has 0 aromatic heterocycles. The lowest BCUT2D eigenvalue weighted by Crippen LogP contribution is -2.21. The van der Waals surface area contributed by atoms with E-state index in [0.717, 1.165) is 21.3 Å². The summed E-state index contributed by atoms with van der Waals surface area (Å²) in [5.74, 6) is -1.24. The highest BCUT2D eigenvalue weighted by atomic mass is 127. The molecule has 0 aliphatic rings. The zero-order valence-corrected chi connectivity index (χ0v) is 18.5. The Morgan fingerprint density at radius 3 is 2.32 bits per heavy atom. The minimum absolute atomic E-state index is 0.153. The summed E-state index contributed by atoms with van der Waals surface area (Å²) in [6.07, 6.45) is -4.44. The van der Waals surface area contributed by atoms with Crippen LogP contribution in [-0.4, -0.2) is 18.5 Å². The Balaban J connectivity index is 1.70. The molecule has 0 saturated carbocycles. The quantitative estimate of drug-likeness (QED) is 0.316. The zero-order valence-electron chi connectivity index (χ0n) is 16.3. The van der Waals surface area contributed by atoms with Crippen LogP contribution in [0, 0.1) is 10.5 Å². The SMILES string of the molecule is Cc1cc(I)ccc1NC(=O)COC(=O)c1ccccc1-c1ccc(C(F)(F)F)cc1. The predicted octanol–water partition coefficient (Wildman–Crippen LogP) is 6.08. The Morgan fingerprint density at radius 2 is 1.68 bits per heavy atom. The number of nitrogens with one attached hydrogen (secondary N) is 1. The molecule has 3 rings (SSSR count). The van der Waals surface area contributed by atoms with Crippen molar-refractivity contribution in [2.45, 2.75) is 13.1 Å². The van der Waals surface area contributed by atoms with Crippen LogP contribution in [0.15, 0.2) is 66.7 Å². The molecule has 0 unspecified atom stereocenters. The topological polar surface area (TPSA) is 55.4 Å². The largest absolute Gasteiger partial charge is 0.452 e. The molecular weight excluding hydrogens is 522 g/mol. The van der Waals surface area contributed by atoms with Gasteiger partial charge in [-0.3, -0.25) is 4.79 Å². The number of hydrogen-bond acceptors (Lipinski definition) is 3. The number of rotatable bonds is 5. The third kappa shape index (κ3) is 5.84. The van der Waals surface area contributed by atoms with Crippen LogP contribution in [-0.2, 0) is 15.7 Å². The monoisotopic (exact) mass is 539 g/mol. The third-order valence-electron chi connectivity index (χ3n) is 4.47. The maximum absolute atomic E-state index is 12.8. The van der Waals surface area contributed by atoms with E-state index in [1.165, 1.54) is 18.2 Å². The summed E-state index contributed by atoms with van der Waals surface area (Å²) in [7, 11) is 0. The smallest absolute Gasteiger partial charge is 0.416 e. The number of esters is 1. The van der Waals surface area contributed by atoms with Gasteiger partial charge in [0.2, 0.25) is 0 Å². The summed E-state index contributed by atoms with van der Waals surface area (Å²) < 4.78 is 44.5. The Morgan fingerprint density at radius 1 is 1.00 bits per heavy atom. The molecular formula is C23H17F3INO3. The average Bonchev–Trinajstić information content (AvgIpc) is 2.73. The van der Waals surface area contributed by atoms with Gasteiger partial charge in [0, 0.05) is 9.26 Å². The number of benzene rings is 3. The normalized spacial score (nSPS) is 11.1. The number of hydrogen-bond donors (Lipinski definition) is 1. The van der Waals surface area contributed by atoms with Gasteiger partial charge in [0.1, 0.15) is 0 Å². The van der Waals surface area contributed by atoms with E-state index in [1.807, 2.05) is 19.1 Å². The van der Waals surface area contributed by atoms with Gasteiger partial charge in [0.15, 0.2) is 6.61 Å².